The second-order valence-electron chi connectivity index (χ2n) is 11.9. The van der Waals surface area contributed by atoms with Crippen molar-refractivity contribution >= 4 is 78.2 Å². The van der Waals surface area contributed by atoms with Crippen LogP contribution < -0.4 is 36.5 Å². The number of hydrogen-bond donors (Lipinski definition) is 7. The van der Waals surface area contributed by atoms with Crippen molar-refractivity contribution in [3.63, 3.8) is 0 Å². The summed E-state index contributed by atoms with van der Waals surface area (Å²) in [4.78, 5) is 24.9. The molecule has 4 aromatic carbocycles. The van der Waals surface area contributed by atoms with Gasteiger partial charge in [-0.2, -0.15) is 53.4 Å². The Labute approximate surface area is 351 Å². The molecule has 0 aliphatic carbocycles. The van der Waals surface area contributed by atoms with E-state index < -0.39 is 67.1 Å². The SMILES string of the molecule is NS(=O)(=O)Nc1cccc(NC(=O)c2cnn(-c3ccc(Cl)cc3)c2C(F)(F)F)c1.NS(N)(=O)=O.Nc1cccc(NC(=O)c2cnn(-c3ccc(Cl)cc3)c2C(F)(F)F)c1. The minimum absolute atomic E-state index is 0.0169. The Bertz CT molecular complexity index is 2740. The molecule has 0 atom stereocenters. The second kappa shape index (κ2) is 19.0. The molecule has 61 heavy (non-hydrogen) atoms. The molecule has 6 aromatic rings. The summed E-state index contributed by atoms with van der Waals surface area (Å²) < 4.78 is 126. The fraction of sp³-hybridized carbons (Fsp3) is 0.0588. The highest BCUT2D eigenvalue weighted by molar-refractivity contribution is 7.90. The predicted octanol–water partition coefficient (Wildman–Crippen LogP) is 5.94. The van der Waals surface area contributed by atoms with Crippen molar-refractivity contribution in [3.05, 3.63) is 142 Å². The standard InChI is InChI=1S/C17H13ClF3N5O3S.C17H12ClF3N4O.H4N2O2S/c18-10-4-6-13(7-5-10)26-15(17(19,20)21)14(9-23-26)16(27)24-11-2-1-3-12(8-11)25-30(22,28)29;18-10-4-6-13(7-5-10)25-15(17(19,20)21)14(9-23-25)16(26)24-12-3-1-2-11(22)8-12;1-5(2,3)4/h1-9,25H,(H,24,27)(H2,22,28,29);1-9H,22H2,(H,24,26);(H4,1,2,3,4). The molecule has 11 N–H and O–H groups in total. The van der Waals surface area contributed by atoms with Gasteiger partial charge >= 0.3 is 12.4 Å². The number of amides is 2. The molecule has 2 amide bonds. The summed E-state index contributed by atoms with van der Waals surface area (Å²) in [6, 6.07) is 22.5. The molecule has 0 unspecified atom stereocenters. The molecule has 0 aliphatic rings. The average molecular weight is 937 g/mol. The molecule has 17 nitrogen and oxygen atoms in total. The van der Waals surface area contributed by atoms with Crippen LogP contribution in [0, 0.1) is 0 Å². The fourth-order valence-electron chi connectivity index (χ4n) is 4.97. The van der Waals surface area contributed by atoms with Crippen LogP contribution in [0.25, 0.3) is 11.4 Å². The van der Waals surface area contributed by atoms with E-state index in [0.717, 1.165) is 12.4 Å². The topological polar surface area (TPSA) is 278 Å². The quantitative estimate of drug-likeness (QED) is 0.0702. The van der Waals surface area contributed by atoms with Gasteiger partial charge in [0, 0.05) is 27.1 Å². The van der Waals surface area contributed by atoms with E-state index in [2.05, 4.69) is 31.1 Å². The van der Waals surface area contributed by atoms with Crippen LogP contribution in [-0.2, 0) is 32.8 Å². The number of nitrogens with two attached hydrogens (primary N) is 4. The van der Waals surface area contributed by atoms with Crippen LogP contribution >= 0.6 is 23.2 Å². The van der Waals surface area contributed by atoms with E-state index in [0.29, 0.717) is 25.1 Å². The Morgan fingerprint density at radius 2 is 0.951 bits per heavy atom. The third kappa shape index (κ3) is 14.2. The van der Waals surface area contributed by atoms with Gasteiger partial charge in [0.15, 0.2) is 11.4 Å². The molecule has 6 rings (SSSR count). The van der Waals surface area contributed by atoms with Gasteiger partial charge in [-0.3, -0.25) is 14.3 Å². The number of aromatic nitrogens is 4. The van der Waals surface area contributed by atoms with Gasteiger partial charge in [-0.25, -0.2) is 24.8 Å². The lowest BCUT2D eigenvalue weighted by Crippen LogP contribution is -2.22. The first-order chi connectivity index (χ1) is 28.2. The van der Waals surface area contributed by atoms with Gasteiger partial charge in [0.2, 0.25) is 0 Å². The summed E-state index contributed by atoms with van der Waals surface area (Å²) in [6.45, 7) is 0. The first-order valence-electron chi connectivity index (χ1n) is 16.2. The van der Waals surface area contributed by atoms with E-state index >= 15 is 0 Å². The minimum atomic E-state index is -4.89. The smallest absolute Gasteiger partial charge is 0.399 e. The zero-order chi connectivity index (χ0) is 45.5. The molecule has 0 radical (unpaired) electrons. The van der Waals surface area contributed by atoms with Crippen molar-refractivity contribution in [1.82, 2.24) is 19.6 Å². The Morgan fingerprint density at radius 1 is 0.590 bits per heavy atom. The van der Waals surface area contributed by atoms with E-state index in [1.165, 1.54) is 84.9 Å². The van der Waals surface area contributed by atoms with Gasteiger partial charge in [-0.05, 0) is 84.9 Å². The van der Waals surface area contributed by atoms with Gasteiger partial charge in [0.05, 0.1) is 40.6 Å². The van der Waals surface area contributed by atoms with Crippen LogP contribution in [0.1, 0.15) is 32.1 Å². The second-order valence-corrected chi connectivity index (χ2v) is 15.3. The molecule has 0 aliphatic heterocycles. The Kier molecular flexibility index (Phi) is 14.8. The van der Waals surface area contributed by atoms with Crippen LogP contribution in [0.5, 0.6) is 0 Å². The fourth-order valence-corrected chi connectivity index (χ4v) is 5.68. The third-order valence-corrected chi connectivity index (χ3v) is 8.26. The van der Waals surface area contributed by atoms with Crippen LogP contribution in [0.4, 0.5) is 49.1 Å². The van der Waals surface area contributed by atoms with Gasteiger partial charge in [-0.15, -0.1) is 0 Å². The molecule has 324 valence electrons. The summed E-state index contributed by atoms with van der Waals surface area (Å²) in [7, 11) is -7.73. The molecular weight excluding hydrogens is 907 g/mol. The Hall–Kier alpha value is -6.22. The zero-order valence-electron chi connectivity index (χ0n) is 30.3. The van der Waals surface area contributed by atoms with E-state index in [1.54, 1.807) is 12.1 Å². The maximum atomic E-state index is 13.7. The predicted molar refractivity (Wildman–Crippen MR) is 214 cm³/mol. The van der Waals surface area contributed by atoms with Crippen LogP contribution in [0.3, 0.4) is 0 Å². The number of benzene rings is 4. The van der Waals surface area contributed by atoms with E-state index in [9.17, 15) is 52.8 Å². The number of nitrogen functional groups attached to an aromatic ring is 1. The number of halogens is 8. The number of rotatable bonds is 8. The summed E-state index contributed by atoms with van der Waals surface area (Å²) in [6.07, 6.45) is -8.02. The molecule has 2 heterocycles. The van der Waals surface area contributed by atoms with Crippen molar-refractivity contribution in [2.24, 2.45) is 15.4 Å². The van der Waals surface area contributed by atoms with Crippen molar-refractivity contribution < 1.29 is 52.8 Å². The lowest BCUT2D eigenvalue weighted by molar-refractivity contribution is -0.143. The highest BCUT2D eigenvalue weighted by atomic mass is 35.5. The first-order valence-corrected chi connectivity index (χ1v) is 20.1. The van der Waals surface area contributed by atoms with Crippen LogP contribution in [0.2, 0.25) is 10.0 Å². The number of carbonyl (C=O) groups is 2. The lowest BCUT2D eigenvalue weighted by atomic mass is 10.2. The lowest BCUT2D eigenvalue weighted by Gasteiger charge is -2.13. The maximum absolute atomic E-state index is 13.7. The first kappa shape index (κ1) is 47.5. The number of alkyl halides is 6. The van der Waals surface area contributed by atoms with Crippen molar-refractivity contribution in [2.45, 2.75) is 12.4 Å². The van der Waals surface area contributed by atoms with Crippen LogP contribution in [0.15, 0.2) is 109 Å². The normalized spacial score (nSPS) is 11.7. The summed E-state index contributed by atoms with van der Waals surface area (Å²) in [5.74, 6) is -2.03. The molecule has 27 heteroatoms. The molecule has 0 bridgehead atoms. The maximum Gasteiger partial charge on any atom is 0.434 e. The molecular formula is C34H29Cl2F6N11O6S2. The van der Waals surface area contributed by atoms with Crippen molar-refractivity contribution in [3.8, 4) is 11.4 Å². The van der Waals surface area contributed by atoms with Crippen molar-refractivity contribution in [2.75, 3.05) is 21.1 Å². The number of hydrogen-bond acceptors (Lipinski definition) is 9. The van der Waals surface area contributed by atoms with Gasteiger partial charge < -0.3 is 16.4 Å². The van der Waals surface area contributed by atoms with Gasteiger partial charge in [-0.1, -0.05) is 35.3 Å². The number of carbonyl (C=O) groups excluding carboxylic acids is 2. The molecule has 0 fully saturated rings. The van der Waals surface area contributed by atoms with E-state index in [4.69, 9.17) is 34.1 Å². The third-order valence-electron chi connectivity index (χ3n) is 7.23. The van der Waals surface area contributed by atoms with E-state index in [-0.39, 0.29) is 28.4 Å². The Balaban J connectivity index is 0.000000244. The van der Waals surface area contributed by atoms with Gasteiger partial charge in [0.1, 0.15) is 0 Å². The molecule has 2 aromatic heterocycles. The number of anilines is 4. The molecule has 0 spiro atoms. The minimum Gasteiger partial charge on any atom is -0.399 e. The summed E-state index contributed by atoms with van der Waals surface area (Å²) >= 11 is 11.5. The summed E-state index contributed by atoms with van der Waals surface area (Å²) in [5, 5.41) is 25.9. The van der Waals surface area contributed by atoms with E-state index in [1.807, 2.05) is 4.72 Å². The largest absolute Gasteiger partial charge is 0.434 e. The van der Waals surface area contributed by atoms with Crippen LogP contribution in [-0.4, -0.2) is 48.2 Å². The average Bonchev–Trinajstić information content (AvgIpc) is 3.78. The van der Waals surface area contributed by atoms with Gasteiger partial charge in [0.25, 0.3) is 32.2 Å². The molecule has 0 saturated heterocycles. The number of nitrogens with one attached hydrogen (secondary N) is 3. The number of nitrogens with zero attached hydrogens (tertiary/aromatic N) is 4. The highest BCUT2D eigenvalue weighted by Gasteiger charge is 2.41. The Morgan fingerprint density at radius 3 is 1.31 bits per heavy atom. The summed E-state index contributed by atoms with van der Waals surface area (Å²) in [5.41, 5.74) is 2.73. The van der Waals surface area contributed by atoms with Crippen molar-refractivity contribution in [1.29, 1.82) is 0 Å². The molecule has 0 saturated carbocycles. The monoisotopic (exact) mass is 935 g/mol. The highest BCUT2D eigenvalue weighted by Crippen LogP contribution is 2.36. The zero-order valence-corrected chi connectivity index (χ0v) is 33.4.